The van der Waals surface area contributed by atoms with Gasteiger partial charge in [0.15, 0.2) is 0 Å². The van der Waals surface area contributed by atoms with E-state index < -0.39 is 0 Å². The van der Waals surface area contributed by atoms with E-state index in [1.165, 1.54) is 12.8 Å². The second-order valence-corrected chi connectivity index (χ2v) is 5.86. The lowest BCUT2D eigenvalue weighted by Crippen LogP contribution is -2.37. The second kappa shape index (κ2) is 6.40. The van der Waals surface area contributed by atoms with Gasteiger partial charge in [0, 0.05) is 24.2 Å². The fraction of sp³-hybridized carbons (Fsp3) is 0.533. The van der Waals surface area contributed by atoms with Gasteiger partial charge in [-0.2, -0.15) is 5.26 Å². The Kier molecular flexibility index (Phi) is 4.84. The van der Waals surface area contributed by atoms with Gasteiger partial charge in [0.05, 0.1) is 17.9 Å². The molecule has 0 aliphatic heterocycles. The maximum Gasteiger partial charge on any atom is 0.103 e. The van der Waals surface area contributed by atoms with Gasteiger partial charge in [0.25, 0.3) is 0 Å². The molecule has 19 heavy (non-hydrogen) atoms. The van der Waals surface area contributed by atoms with Gasteiger partial charge in [0.1, 0.15) is 6.07 Å². The number of rotatable bonds is 6. The van der Waals surface area contributed by atoms with Crippen LogP contribution in [0.15, 0.2) is 22.7 Å². The summed E-state index contributed by atoms with van der Waals surface area (Å²) in [6, 6.07) is 8.69. The van der Waals surface area contributed by atoms with Gasteiger partial charge >= 0.3 is 0 Å². The highest BCUT2D eigenvalue weighted by molar-refractivity contribution is 9.10. The summed E-state index contributed by atoms with van der Waals surface area (Å²) >= 11 is 3.47. The molecule has 1 aliphatic carbocycles. The van der Waals surface area contributed by atoms with Crippen LogP contribution < -0.4 is 4.90 Å². The molecule has 2 rings (SSSR count). The molecule has 0 aromatic heterocycles. The van der Waals surface area contributed by atoms with E-state index >= 15 is 0 Å². The zero-order chi connectivity index (χ0) is 13.8. The van der Waals surface area contributed by atoms with Crippen LogP contribution in [-0.4, -0.2) is 26.3 Å². The Balaban J connectivity index is 2.31. The third-order valence-corrected chi connectivity index (χ3v) is 4.41. The Morgan fingerprint density at radius 1 is 1.53 bits per heavy atom. The van der Waals surface area contributed by atoms with Gasteiger partial charge in [-0.1, -0.05) is 6.07 Å². The van der Waals surface area contributed by atoms with Crippen LogP contribution in [0.25, 0.3) is 0 Å². The van der Waals surface area contributed by atoms with Crippen molar-refractivity contribution in [1.82, 2.24) is 0 Å². The molecule has 4 heteroatoms. The molecular formula is C15H19BrN2O. The number of hydrogen-bond donors (Lipinski definition) is 0. The second-order valence-electron chi connectivity index (χ2n) is 5.01. The largest absolute Gasteiger partial charge is 0.383 e. The van der Waals surface area contributed by atoms with Gasteiger partial charge in [-0.3, -0.25) is 0 Å². The Bertz CT molecular complexity index is 480. The zero-order valence-electron chi connectivity index (χ0n) is 11.4. The van der Waals surface area contributed by atoms with Crippen LogP contribution in [0.4, 0.5) is 5.69 Å². The summed E-state index contributed by atoms with van der Waals surface area (Å²) < 4.78 is 6.07. The average Bonchev–Trinajstić information content (AvgIpc) is 3.23. The Hall–Kier alpha value is -1.05. The Morgan fingerprint density at radius 2 is 2.26 bits per heavy atom. The molecule has 0 heterocycles. The van der Waals surface area contributed by atoms with Gasteiger partial charge in [-0.05, 0) is 53.7 Å². The summed E-state index contributed by atoms with van der Waals surface area (Å²) in [4.78, 5) is 2.31. The first-order valence-corrected chi connectivity index (χ1v) is 7.42. The standard InChI is InChI=1S/C15H19BrN2O/c1-11(12-6-7-12)18(8-9-19-2)15-5-3-4-14(16)13(15)10-17/h3-5,11-12H,6-9H2,1-2H3. The van der Waals surface area contributed by atoms with Crippen molar-refractivity contribution in [3.8, 4) is 6.07 Å². The fourth-order valence-corrected chi connectivity index (χ4v) is 2.87. The molecule has 0 saturated heterocycles. The number of halogens is 1. The van der Waals surface area contributed by atoms with Crippen molar-refractivity contribution < 1.29 is 4.74 Å². The van der Waals surface area contributed by atoms with E-state index in [2.05, 4.69) is 33.8 Å². The van der Waals surface area contributed by atoms with Crippen LogP contribution in [0.1, 0.15) is 25.3 Å². The smallest absolute Gasteiger partial charge is 0.103 e. The van der Waals surface area contributed by atoms with E-state index in [4.69, 9.17) is 4.74 Å². The third kappa shape index (κ3) is 3.29. The van der Waals surface area contributed by atoms with Crippen molar-refractivity contribution in [3.63, 3.8) is 0 Å². The first-order valence-electron chi connectivity index (χ1n) is 6.63. The molecule has 0 bridgehead atoms. The Morgan fingerprint density at radius 3 is 2.84 bits per heavy atom. The van der Waals surface area contributed by atoms with Gasteiger partial charge in [-0.15, -0.1) is 0 Å². The maximum atomic E-state index is 9.37. The minimum Gasteiger partial charge on any atom is -0.383 e. The average molecular weight is 323 g/mol. The van der Waals surface area contributed by atoms with Crippen LogP contribution in [0.3, 0.4) is 0 Å². The van der Waals surface area contributed by atoms with E-state index in [1.54, 1.807) is 7.11 Å². The van der Waals surface area contributed by atoms with E-state index in [0.717, 1.165) is 22.6 Å². The zero-order valence-corrected chi connectivity index (χ0v) is 13.0. The number of hydrogen-bond acceptors (Lipinski definition) is 3. The highest BCUT2D eigenvalue weighted by Gasteiger charge is 2.33. The van der Waals surface area contributed by atoms with Crippen LogP contribution in [0, 0.1) is 17.2 Å². The molecule has 1 fully saturated rings. The summed E-state index contributed by atoms with van der Waals surface area (Å²) in [5.74, 6) is 0.752. The number of ether oxygens (including phenoxy) is 1. The lowest BCUT2D eigenvalue weighted by molar-refractivity contribution is 0.202. The number of methoxy groups -OCH3 is 1. The number of nitrogens with zero attached hydrogens (tertiary/aromatic N) is 2. The predicted octanol–water partition coefficient (Wildman–Crippen LogP) is 3.57. The molecule has 0 radical (unpaired) electrons. The number of nitriles is 1. The van der Waals surface area contributed by atoms with Crippen molar-refractivity contribution in [2.75, 3.05) is 25.2 Å². The number of anilines is 1. The molecule has 0 N–H and O–H groups in total. The van der Waals surface area contributed by atoms with Crippen molar-refractivity contribution in [2.24, 2.45) is 5.92 Å². The van der Waals surface area contributed by atoms with Crippen molar-refractivity contribution in [3.05, 3.63) is 28.2 Å². The monoisotopic (exact) mass is 322 g/mol. The molecule has 3 nitrogen and oxygen atoms in total. The maximum absolute atomic E-state index is 9.37. The van der Waals surface area contributed by atoms with Crippen molar-refractivity contribution >= 4 is 21.6 Å². The molecule has 0 spiro atoms. The highest BCUT2D eigenvalue weighted by atomic mass is 79.9. The molecular weight excluding hydrogens is 304 g/mol. The first kappa shape index (κ1) is 14.4. The van der Waals surface area contributed by atoms with Crippen LogP contribution in [0.5, 0.6) is 0 Å². The minimum atomic E-state index is 0.455. The van der Waals surface area contributed by atoms with Crippen LogP contribution >= 0.6 is 15.9 Å². The fourth-order valence-electron chi connectivity index (χ4n) is 2.43. The number of benzene rings is 1. The van der Waals surface area contributed by atoms with Gasteiger partial charge in [-0.25, -0.2) is 0 Å². The lowest BCUT2D eigenvalue weighted by atomic mass is 10.1. The van der Waals surface area contributed by atoms with E-state index in [9.17, 15) is 5.26 Å². The van der Waals surface area contributed by atoms with Crippen LogP contribution in [-0.2, 0) is 4.74 Å². The molecule has 1 atom stereocenters. The van der Waals surface area contributed by atoms with Gasteiger partial charge in [0.2, 0.25) is 0 Å². The summed E-state index contributed by atoms with van der Waals surface area (Å²) in [7, 11) is 1.71. The molecule has 102 valence electrons. The lowest BCUT2D eigenvalue weighted by Gasteiger charge is -2.32. The minimum absolute atomic E-state index is 0.455. The first-order chi connectivity index (χ1) is 9.19. The Labute approximate surface area is 123 Å². The summed E-state index contributed by atoms with van der Waals surface area (Å²) in [5, 5.41) is 9.37. The molecule has 0 amide bonds. The third-order valence-electron chi connectivity index (χ3n) is 3.75. The van der Waals surface area contributed by atoms with E-state index in [-0.39, 0.29) is 0 Å². The summed E-state index contributed by atoms with van der Waals surface area (Å²) in [6.07, 6.45) is 2.58. The molecule has 1 aromatic carbocycles. The molecule has 1 unspecified atom stereocenters. The topological polar surface area (TPSA) is 36.3 Å². The van der Waals surface area contributed by atoms with Crippen LogP contribution in [0.2, 0.25) is 0 Å². The van der Waals surface area contributed by atoms with Crippen molar-refractivity contribution in [1.29, 1.82) is 5.26 Å². The molecule has 1 saturated carbocycles. The van der Waals surface area contributed by atoms with Gasteiger partial charge < -0.3 is 9.64 Å². The molecule has 1 aliphatic rings. The molecule has 1 aromatic rings. The summed E-state index contributed by atoms with van der Waals surface area (Å²) in [5.41, 5.74) is 1.72. The van der Waals surface area contributed by atoms with E-state index in [0.29, 0.717) is 18.2 Å². The van der Waals surface area contributed by atoms with Crippen molar-refractivity contribution in [2.45, 2.75) is 25.8 Å². The highest BCUT2D eigenvalue weighted by Crippen LogP contribution is 2.38. The SMILES string of the molecule is COCCN(c1cccc(Br)c1C#N)C(C)C1CC1. The van der Waals surface area contributed by atoms with E-state index in [1.807, 2.05) is 18.2 Å². The summed E-state index contributed by atoms with van der Waals surface area (Å²) in [6.45, 7) is 3.74. The predicted molar refractivity (Wildman–Crippen MR) is 80.3 cm³/mol. The normalized spacial score (nSPS) is 15.9. The quantitative estimate of drug-likeness (QED) is 0.803.